The van der Waals surface area contributed by atoms with Gasteiger partial charge in [0.1, 0.15) is 23.7 Å². The van der Waals surface area contributed by atoms with Gasteiger partial charge in [0, 0.05) is 7.11 Å². The molecule has 0 saturated carbocycles. The SMILES string of the molecule is CO[C@H]1O[C@@H](SC)C(O)[C@@H](O)C1O. The molecule has 1 rings (SSSR count). The first-order chi connectivity index (χ1) is 6.11. The average Bonchev–Trinajstić information content (AvgIpc) is 2.15. The summed E-state index contributed by atoms with van der Waals surface area (Å²) < 4.78 is 9.96. The highest BCUT2D eigenvalue weighted by molar-refractivity contribution is 7.99. The summed E-state index contributed by atoms with van der Waals surface area (Å²) in [5.41, 5.74) is -0.566. The quantitative estimate of drug-likeness (QED) is 0.529. The van der Waals surface area contributed by atoms with E-state index >= 15 is 0 Å². The first-order valence-electron chi connectivity index (χ1n) is 3.87. The lowest BCUT2D eigenvalue weighted by Gasteiger charge is -2.38. The monoisotopic (exact) mass is 210 g/mol. The van der Waals surface area contributed by atoms with E-state index in [1.807, 2.05) is 0 Å². The van der Waals surface area contributed by atoms with Gasteiger partial charge in [-0.3, -0.25) is 0 Å². The number of hydrogen-bond acceptors (Lipinski definition) is 6. The molecule has 0 aromatic heterocycles. The zero-order valence-electron chi connectivity index (χ0n) is 7.45. The lowest BCUT2D eigenvalue weighted by atomic mass is 10.1. The van der Waals surface area contributed by atoms with Gasteiger partial charge in [-0.2, -0.15) is 0 Å². The van der Waals surface area contributed by atoms with E-state index in [1.165, 1.54) is 18.9 Å². The van der Waals surface area contributed by atoms with E-state index in [-0.39, 0.29) is 0 Å². The van der Waals surface area contributed by atoms with Gasteiger partial charge in [0.2, 0.25) is 0 Å². The summed E-state index contributed by atoms with van der Waals surface area (Å²) in [6, 6.07) is 0. The zero-order chi connectivity index (χ0) is 10.0. The second-order valence-corrected chi connectivity index (χ2v) is 3.75. The molecule has 0 aliphatic carbocycles. The number of hydrogen-bond donors (Lipinski definition) is 3. The summed E-state index contributed by atoms with van der Waals surface area (Å²) >= 11 is 1.26. The Morgan fingerprint density at radius 2 is 1.77 bits per heavy atom. The largest absolute Gasteiger partial charge is 0.387 e. The standard InChI is InChI=1S/C7H14O5S/c1-11-6-4(9)3(8)5(10)7(12-6)13-2/h3-10H,1-2H3/t3-,4?,5?,6-,7-/m0/s1. The van der Waals surface area contributed by atoms with Gasteiger partial charge >= 0.3 is 0 Å². The van der Waals surface area contributed by atoms with Crippen molar-refractivity contribution in [2.45, 2.75) is 30.0 Å². The predicted octanol–water partition coefficient (Wildman–Crippen LogP) is -1.24. The lowest BCUT2D eigenvalue weighted by Crippen LogP contribution is -2.56. The van der Waals surface area contributed by atoms with Crippen molar-refractivity contribution in [1.29, 1.82) is 0 Å². The van der Waals surface area contributed by atoms with Crippen LogP contribution in [0.4, 0.5) is 0 Å². The summed E-state index contributed by atoms with van der Waals surface area (Å²) in [6.45, 7) is 0. The Bertz CT molecular complexity index is 147. The highest BCUT2D eigenvalue weighted by Gasteiger charge is 2.43. The number of rotatable bonds is 2. The van der Waals surface area contributed by atoms with Crippen LogP contribution in [0.15, 0.2) is 0 Å². The van der Waals surface area contributed by atoms with E-state index in [0.29, 0.717) is 0 Å². The van der Waals surface area contributed by atoms with Crippen molar-refractivity contribution in [1.82, 2.24) is 0 Å². The molecule has 1 heterocycles. The number of ether oxygens (including phenoxy) is 2. The minimum Gasteiger partial charge on any atom is -0.387 e. The van der Waals surface area contributed by atoms with E-state index in [4.69, 9.17) is 9.47 Å². The molecule has 1 aliphatic rings. The zero-order valence-corrected chi connectivity index (χ0v) is 8.27. The Labute approximate surface area is 80.7 Å². The molecule has 0 amide bonds. The third kappa shape index (κ3) is 2.15. The van der Waals surface area contributed by atoms with Crippen LogP contribution in [0.5, 0.6) is 0 Å². The maximum Gasteiger partial charge on any atom is 0.187 e. The van der Waals surface area contributed by atoms with Gasteiger partial charge in [-0.15, -0.1) is 11.8 Å². The molecule has 0 aromatic carbocycles. The van der Waals surface area contributed by atoms with E-state index in [2.05, 4.69) is 0 Å². The Morgan fingerprint density at radius 3 is 2.23 bits per heavy atom. The molecule has 78 valence electrons. The molecule has 1 fully saturated rings. The van der Waals surface area contributed by atoms with Crippen LogP contribution in [0.3, 0.4) is 0 Å². The van der Waals surface area contributed by atoms with Crippen molar-refractivity contribution < 1.29 is 24.8 Å². The van der Waals surface area contributed by atoms with Crippen molar-refractivity contribution in [3.8, 4) is 0 Å². The molecular formula is C7H14O5S. The summed E-state index contributed by atoms with van der Waals surface area (Å²) in [4.78, 5) is 0. The lowest BCUT2D eigenvalue weighted by molar-refractivity contribution is -0.270. The van der Waals surface area contributed by atoms with Crippen LogP contribution in [0.1, 0.15) is 0 Å². The van der Waals surface area contributed by atoms with E-state index < -0.39 is 30.0 Å². The number of methoxy groups -OCH3 is 1. The van der Waals surface area contributed by atoms with Gasteiger partial charge in [-0.05, 0) is 6.26 Å². The minimum absolute atomic E-state index is 0.566. The van der Waals surface area contributed by atoms with E-state index in [0.717, 1.165) is 0 Å². The molecule has 1 aliphatic heterocycles. The van der Waals surface area contributed by atoms with Gasteiger partial charge in [0.05, 0.1) is 0 Å². The van der Waals surface area contributed by atoms with Gasteiger partial charge < -0.3 is 24.8 Å². The summed E-state index contributed by atoms with van der Waals surface area (Å²) in [6.07, 6.45) is -2.66. The fraction of sp³-hybridized carbons (Fsp3) is 1.00. The molecule has 0 radical (unpaired) electrons. The van der Waals surface area contributed by atoms with Gasteiger partial charge in [-0.1, -0.05) is 0 Å². The second-order valence-electron chi connectivity index (χ2n) is 2.82. The summed E-state index contributed by atoms with van der Waals surface area (Å²) in [7, 11) is 1.37. The van der Waals surface area contributed by atoms with Crippen LogP contribution in [0.2, 0.25) is 0 Å². The second kappa shape index (κ2) is 4.59. The molecular weight excluding hydrogens is 196 g/mol. The molecule has 5 nitrogen and oxygen atoms in total. The first kappa shape index (κ1) is 11.2. The average molecular weight is 210 g/mol. The van der Waals surface area contributed by atoms with Crippen molar-refractivity contribution in [2.24, 2.45) is 0 Å². The van der Waals surface area contributed by atoms with E-state index in [1.54, 1.807) is 6.26 Å². The maximum atomic E-state index is 9.41. The van der Waals surface area contributed by atoms with Gasteiger partial charge in [0.15, 0.2) is 6.29 Å². The van der Waals surface area contributed by atoms with Crippen LogP contribution in [-0.4, -0.2) is 58.7 Å². The normalized spacial score (nSPS) is 46.4. The number of aliphatic hydroxyl groups is 3. The van der Waals surface area contributed by atoms with Crippen LogP contribution in [-0.2, 0) is 9.47 Å². The van der Waals surface area contributed by atoms with Crippen LogP contribution < -0.4 is 0 Å². The van der Waals surface area contributed by atoms with Crippen LogP contribution in [0, 0.1) is 0 Å². The topological polar surface area (TPSA) is 79.2 Å². The maximum absolute atomic E-state index is 9.41. The molecule has 6 heteroatoms. The third-order valence-electron chi connectivity index (χ3n) is 1.99. The first-order valence-corrected chi connectivity index (χ1v) is 5.16. The molecule has 13 heavy (non-hydrogen) atoms. The van der Waals surface area contributed by atoms with Gasteiger partial charge in [-0.25, -0.2) is 0 Å². The predicted molar refractivity (Wildman–Crippen MR) is 47.2 cm³/mol. The summed E-state index contributed by atoms with van der Waals surface area (Å²) in [5, 5.41) is 28.1. The molecule has 3 N–H and O–H groups in total. The van der Waals surface area contributed by atoms with Gasteiger partial charge in [0.25, 0.3) is 0 Å². The molecule has 0 spiro atoms. The van der Waals surface area contributed by atoms with Crippen LogP contribution >= 0.6 is 11.8 Å². The van der Waals surface area contributed by atoms with Crippen LogP contribution in [0.25, 0.3) is 0 Å². The number of thioether (sulfide) groups is 1. The summed E-state index contributed by atoms with van der Waals surface area (Å²) in [5.74, 6) is 0. The third-order valence-corrected chi connectivity index (χ3v) is 2.84. The van der Waals surface area contributed by atoms with Crippen molar-refractivity contribution >= 4 is 11.8 Å². The Hall–Kier alpha value is 0.150. The van der Waals surface area contributed by atoms with Crippen molar-refractivity contribution in [3.63, 3.8) is 0 Å². The highest BCUT2D eigenvalue weighted by Crippen LogP contribution is 2.26. The Morgan fingerprint density at radius 1 is 1.15 bits per heavy atom. The molecule has 2 unspecified atom stereocenters. The van der Waals surface area contributed by atoms with E-state index in [9.17, 15) is 15.3 Å². The van der Waals surface area contributed by atoms with Crippen molar-refractivity contribution in [3.05, 3.63) is 0 Å². The fourth-order valence-electron chi connectivity index (χ4n) is 1.21. The minimum atomic E-state index is -1.23. The molecule has 1 saturated heterocycles. The Balaban J connectivity index is 2.66. The fourth-order valence-corrected chi connectivity index (χ4v) is 1.87. The molecule has 5 atom stereocenters. The number of aliphatic hydroxyl groups excluding tert-OH is 3. The molecule has 0 aromatic rings. The Kier molecular flexibility index (Phi) is 3.96. The van der Waals surface area contributed by atoms with Crippen molar-refractivity contribution in [2.75, 3.05) is 13.4 Å². The smallest absolute Gasteiger partial charge is 0.187 e. The highest BCUT2D eigenvalue weighted by atomic mass is 32.2. The molecule has 0 bridgehead atoms.